The summed E-state index contributed by atoms with van der Waals surface area (Å²) in [5, 5.41) is 0.00196. The molecule has 212 valence electrons. The summed E-state index contributed by atoms with van der Waals surface area (Å²) in [5.74, 6) is 0.352. The molecule has 0 saturated carbocycles. The van der Waals surface area contributed by atoms with Crippen molar-refractivity contribution >= 4 is 29.3 Å². The second-order valence-electron chi connectivity index (χ2n) is 9.38. The molecule has 1 aliphatic heterocycles. The van der Waals surface area contributed by atoms with Crippen molar-refractivity contribution in [2.75, 3.05) is 10.6 Å². The van der Waals surface area contributed by atoms with Crippen LogP contribution >= 0.6 is 11.6 Å². The molecule has 0 aliphatic carbocycles. The first-order valence-electron chi connectivity index (χ1n) is 13.1. The highest BCUT2D eigenvalue weighted by Gasteiger charge is 2.41. The van der Waals surface area contributed by atoms with E-state index >= 15 is 0 Å². The normalized spacial score (nSPS) is 19.6. The lowest BCUT2D eigenvalue weighted by atomic mass is 9.87. The highest BCUT2D eigenvalue weighted by Crippen LogP contribution is 2.35. The first kappa shape index (κ1) is 31.5. The molecular weight excluding hydrogens is 519 g/mol. The minimum atomic E-state index is -4.52. The Balaban J connectivity index is 0.00000247. The lowest BCUT2D eigenvalue weighted by molar-refractivity contribution is -0.137. The number of hydrogen-bond donors (Lipinski definition) is 1. The fourth-order valence-electron chi connectivity index (χ4n) is 4.74. The summed E-state index contributed by atoms with van der Waals surface area (Å²) in [7, 11) is 0. The van der Waals surface area contributed by atoms with Gasteiger partial charge in [0, 0.05) is 29.7 Å². The van der Waals surface area contributed by atoms with Crippen LogP contribution in [0.5, 0.6) is 0 Å². The van der Waals surface area contributed by atoms with E-state index in [9.17, 15) is 18.0 Å². The number of aromatic nitrogens is 2. The van der Waals surface area contributed by atoms with Gasteiger partial charge in [0.2, 0.25) is 5.95 Å². The van der Waals surface area contributed by atoms with Gasteiger partial charge in [-0.3, -0.25) is 0 Å². The smallest absolute Gasteiger partial charge is 0.416 e. The highest BCUT2D eigenvalue weighted by molar-refractivity contribution is 6.30. The van der Waals surface area contributed by atoms with Crippen molar-refractivity contribution in [3.8, 4) is 0 Å². The molecule has 38 heavy (non-hydrogen) atoms. The van der Waals surface area contributed by atoms with Gasteiger partial charge in [-0.2, -0.15) is 13.2 Å². The van der Waals surface area contributed by atoms with Crippen LogP contribution in [0.2, 0.25) is 5.02 Å². The molecular formula is C27H39ClF3N5O2. The van der Waals surface area contributed by atoms with E-state index in [4.69, 9.17) is 22.1 Å². The summed E-state index contributed by atoms with van der Waals surface area (Å²) in [6.07, 6.45) is 0.401. The molecule has 1 saturated heterocycles. The van der Waals surface area contributed by atoms with Crippen LogP contribution in [-0.2, 0) is 17.5 Å². The number of anilines is 2. The number of benzene rings is 1. The maximum absolute atomic E-state index is 13.5. The fourth-order valence-corrected chi connectivity index (χ4v) is 4.99. The van der Waals surface area contributed by atoms with E-state index in [1.807, 2.05) is 51.3 Å². The molecule has 2 N–H and O–H groups in total. The Labute approximate surface area is 228 Å². The highest BCUT2D eigenvalue weighted by atomic mass is 35.5. The number of halogens is 4. The minimum Gasteiger partial charge on any atom is -0.447 e. The first-order valence-corrected chi connectivity index (χ1v) is 13.5. The van der Waals surface area contributed by atoms with Crippen LogP contribution in [0.25, 0.3) is 0 Å². The zero-order valence-electron chi connectivity index (χ0n) is 22.9. The SMILES string of the molecule is CC.CC[C@@H]1CC(N(Cc2cc(Cl)cc(C(F)(F)F)c2)c2ncc(N)cn2)C[C@H](CC)N1C(=O)OC(C)C. The lowest BCUT2D eigenvalue weighted by Gasteiger charge is -2.47. The van der Waals surface area contributed by atoms with E-state index in [2.05, 4.69) is 9.97 Å². The van der Waals surface area contributed by atoms with Crippen LogP contribution in [0.1, 0.15) is 78.4 Å². The Morgan fingerprint density at radius 2 is 1.68 bits per heavy atom. The predicted molar refractivity (Wildman–Crippen MR) is 145 cm³/mol. The van der Waals surface area contributed by atoms with Crippen LogP contribution in [-0.4, -0.2) is 45.2 Å². The number of amides is 1. The number of likely N-dealkylation sites (tertiary alicyclic amines) is 1. The molecule has 1 amide bonds. The molecule has 3 rings (SSSR count). The van der Waals surface area contributed by atoms with Gasteiger partial charge < -0.3 is 20.3 Å². The average Bonchev–Trinajstić information content (AvgIpc) is 2.87. The van der Waals surface area contributed by atoms with Gasteiger partial charge in [0.15, 0.2) is 0 Å². The van der Waals surface area contributed by atoms with Gasteiger partial charge in [-0.25, -0.2) is 14.8 Å². The number of carbonyl (C=O) groups excluding carboxylic acids is 1. The number of ether oxygens (including phenoxy) is 1. The Kier molecular flexibility index (Phi) is 11.5. The Bertz CT molecular complexity index is 1020. The third-order valence-electron chi connectivity index (χ3n) is 6.36. The second kappa shape index (κ2) is 13.9. The van der Waals surface area contributed by atoms with Crippen molar-refractivity contribution in [2.24, 2.45) is 0 Å². The van der Waals surface area contributed by atoms with Crippen LogP contribution < -0.4 is 10.6 Å². The summed E-state index contributed by atoms with van der Waals surface area (Å²) >= 11 is 6.05. The fraction of sp³-hybridized carbons (Fsp3) is 0.593. The van der Waals surface area contributed by atoms with Crippen LogP contribution in [0.4, 0.5) is 29.6 Å². The van der Waals surface area contributed by atoms with E-state index < -0.39 is 11.7 Å². The standard InChI is InChI=1S/C25H33ClF3N5O2.C2H6/c1-5-20-10-22(11-21(6-2)34(20)24(35)36-15(3)4)33(23-31-12-19(30)13-32-23)14-16-7-17(25(27,28)29)9-18(26)8-16;1-2/h7-9,12-13,15,20-22H,5-6,10-11,14,30H2,1-4H3;1-2H3/t20-,21+,22?;. The largest absolute Gasteiger partial charge is 0.447 e. The number of alkyl halides is 3. The number of piperidine rings is 1. The summed E-state index contributed by atoms with van der Waals surface area (Å²) < 4.78 is 45.9. The first-order chi connectivity index (χ1) is 17.9. The predicted octanol–water partition coefficient (Wildman–Crippen LogP) is 7.33. The summed E-state index contributed by atoms with van der Waals surface area (Å²) in [5.41, 5.74) is 5.73. The van der Waals surface area contributed by atoms with Crippen molar-refractivity contribution in [1.82, 2.24) is 14.9 Å². The monoisotopic (exact) mass is 557 g/mol. The maximum Gasteiger partial charge on any atom is 0.416 e. The van der Waals surface area contributed by atoms with Crippen molar-refractivity contribution in [3.05, 3.63) is 46.7 Å². The molecule has 2 aromatic rings. The number of nitrogens with two attached hydrogens (primary N) is 1. The summed E-state index contributed by atoms with van der Waals surface area (Å²) in [6.45, 7) is 11.7. The van der Waals surface area contributed by atoms with Gasteiger partial charge >= 0.3 is 12.3 Å². The average molecular weight is 558 g/mol. The van der Waals surface area contributed by atoms with E-state index in [1.54, 1.807) is 0 Å². The maximum atomic E-state index is 13.5. The summed E-state index contributed by atoms with van der Waals surface area (Å²) in [4.78, 5) is 25.4. The molecule has 2 heterocycles. The Hall–Kier alpha value is -2.75. The van der Waals surface area contributed by atoms with Gasteiger partial charge in [0.05, 0.1) is 29.7 Å². The lowest BCUT2D eigenvalue weighted by Crippen LogP contribution is -2.57. The number of nitrogen functional groups attached to an aromatic ring is 1. The minimum absolute atomic E-state index is 0.00196. The topological polar surface area (TPSA) is 84.6 Å². The Morgan fingerprint density at radius 3 is 2.16 bits per heavy atom. The molecule has 0 radical (unpaired) electrons. The Morgan fingerprint density at radius 1 is 1.13 bits per heavy atom. The quantitative estimate of drug-likeness (QED) is 0.383. The van der Waals surface area contributed by atoms with Crippen molar-refractivity contribution in [2.45, 2.75) is 104 Å². The van der Waals surface area contributed by atoms with Crippen molar-refractivity contribution in [1.29, 1.82) is 0 Å². The van der Waals surface area contributed by atoms with Gasteiger partial charge in [0.1, 0.15) is 0 Å². The van der Waals surface area contributed by atoms with Crippen LogP contribution in [0, 0.1) is 0 Å². The van der Waals surface area contributed by atoms with Crippen molar-refractivity contribution in [3.63, 3.8) is 0 Å². The van der Waals surface area contributed by atoms with E-state index in [1.165, 1.54) is 18.5 Å². The second-order valence-corrected chi connectivity index (χ2v) is 9.82. The van der Waals surface area contributed by atoms with E-state index in [-0.39, 0.29) is 41.9 Å². The molecule has 1 aromatic carbocycles. The molecule has 7 nitrogen and oxygen atoms in total. The van der Waals surface area contributed by atoms with Gasteiger partial charge in [-0.15, -0.1) is 0 Å². The summed E-state index contributed by atoms with van der Waals surface area (Å²) in [6, 6.07) is 3.17. The van der Waals surface area contributed by atoms with Gasteiger partial charge in [0.25, 0.3) is 0 Å². The van der Waals surface area contributed by atoms with Gasteiger partial charge in [-0.1, -0.05) is 39.3 Å². The molecule has 1 fully saturated rings. The molecule has 0 spiro atoms. The van der Waals surface area contributed by atoms with Crippen molar-refractivity contribution < 1.29 is 22.7 Å². The number of hydrogen-bond acceptors (Lipinski definition) is 6. The molecule has 3 atom stereocenters. The molecule has 1 aromatic heterocycles. The number of carbonyl (C=O) groups is 1. The zero-order valence-corrected chi connectivity index (χ0v) is 23.7. The molecule has 0 bridgehead atoms. The van der Waals surface area contributed by atoms with Gasteiger partial charge in [-0.05, 0) is 63.3 Å². The third-order valence-corrected chi connectivity index (χ3v) is 6.58. The van der Waals surface area contributed by atoms with Crippen LogP contribution in [0.15, 0.2) is 30.6 Å². The zero-order chi connectivity index (χ0) is 28.6. The van der Waals surface area contributed by atoms with E-state index in [0.29, 0.717) is 42.9 Å². The number of rotatable bonds is 7. The third kappa shape index (κ3) is 8.12. The molecule has 1 unspecified atom stereocenters. The van der Waals surface area contributed by atoms with Crippen LogP contribution in [0.3, 0.4) is 0 Å². The molecule has 1 aliphatic rings. The number of nitrogens with zero attached hydrogens (tertiary/aromatic N) is 4. The van der Waals surface area contributed by atoms with E-state index in [0.717, 1.165) is 12.1 Å². The molecule has 11 heteroatoms.